The third kappa shape index (κ3) is 5.16. The number of halogens is 3. The molecule has 0 amide bonds. The van der Waals surface area contributed by atoms with E-state index >= 15 is 0 Å². The van der Waals surface area contributed by atoms with E-state index in [-0.39, 0.29) is 11.9 Å². The fourth-order valence-electron chi connectivity index (χ4n) is 2.97. The van der Waals surface area contributed by atoms with Crippen LogP contribution in [-0.4, -0.2) is 29.8 Å². The Morgan fingerprint density at radius 1 is 1.23 bits per heavy atom. The van der Waals surface area contributed by atoms with E-state index in [4.69, 9.17) is 9.84 Å². The monoisotopic (exact) mass is 372 g/mol. The molecule has 4 nitrogen and oxygen atoms in total. The van der Waals surface area contributed by atoms with Crippen molar-refractivity contribution in [1.29, 1.82) is 0 Å². The van der Waals surface area contributed by atoms with E-state index in [1.807, 2.05) is 25.7 Å². The minimum absolute atomic E-state index is 0.244. The van der Waals surface area contributed by atoms with Crippen LogP contribution >= 0.6 is 0 Å². The molecule has 1 saturated heterocycles. The van der Waals surface area contributed by atoms with Crippen molar-refractivity contribution in [1.82, 2.24) is 0 Å². The minimum atomic E-state index is -4.42. The summed E-state index contributed by atoms with van der Waals surface area (Å²) in [5, 5.41) is 7.22. The molecule has 2 N–H and O–H groups in total. The first-order valence-corrected chi connectivity index (χ1v) is 8.54. The fourth-order valence-corrected chi connectivity index (χ4v) is 2.97. The zero-order chi connectivity index (χ0) is 19.5. The third-order valence-electron chi connectivity index (χ3n) is 4.20. The molecule has 7 heteroatoms. The number of ether oxygens (including phenoxy) is 1. The molecule has 0 unspecified atom stereocenters. The predicted molar refractivity (Wildman–Crippen MR) is 94.9 cm³/mol. The largest absolute Gasteiger partial charge is 0.599 e. The van der Waals surface area contributed by atoms with Gasteiger partial charge in [0.25, 0.3) is 0 Å². The molecule has 1 aromatic carbocycles. The van der Waals surface area contributed by atoms with Gasteiger partial charge in [0.1, 0.15) is 5.60 Å². The van der Waals surface area contributed by atoms with Gasteiger partial charge in [0, 0.05) is 30.4 Å². The van der Waals surface area contributed by atoms with Crippen LogP contribution in [0.15, 0.2) is 24.5 Å². The molecule has 0 radical (unpaired) electrons. The van der Waals surface area contributed by atoms with Gasteiger partial charge < -0.3 is 14.7 Å². The quantitative estimate of drug-likeness (QED) is 0.458. The molecule has 0 aromatic heterocycles. The maximum absolute atomic E-state index is 13.0. The average Bonchev–Trinajstić information content (AvgIpc) is 2.53. The van der Waals surface area contributed by atoms with E-state index in [2.05, 4.69) is 0 Å². The molecule has 2 rings (SSSR count). The molecular formula is C19H25F3NO3+. The van der Waals surface area contributed by atoms with Crippen molar-refractivity contribution >= 4 is 17.7 Å². The summed E-state index contributed by atoms with van der Waals surface area (Å²) in [5.74, 6) is -0.501. The fraction of sp³-hybridized carbons (Fsp3) is 0.526. The number of hydrogen-bond acceptors (Lipinski definition) is 3. The lowest BCUT2D eigenvalue weighted by Crippen LogP contribution is -2.39. The summed E-state index contributed by atoms with van der Waals surface area (Å²) in [7, 11) is 0. The molecule has 0 atom stereocenters. The van der Waals surface area contributed by atoms with Crippen LogP contribution < -0.4 is 4.90 Å². The lowest BCUT2D eigenvalue weighted by molar-refractivity contribution is -0.160. The molecule has 26 heavy (non-hydrogen) atoms. The number of piperidine rings is 1. The van der Waals surface area contributed by atoms with E-state index in [0.717, 1.165) is 18.4 Å². The Hall–Kier alpha value is -2.18. The Labute approximate surface area is 151 Å². The molecule has 0 aliphatic carbocycles. The van der Waals surface area contributed by atoms with Gasteiger partial charge in [-0.2, -0.15) is 13.2 Å². The number of alkyl halides is 3. The summed E-state index contributed by atoms with van der Waals surface area (Å²) in [6.45, 7) is 6.35. The summed E-state index contributed by atoms with van der Waals surface area (Å²) < 4.78 is 44.5. The molecule has 1 aliphatic heterocycles. The smallest absolute Gasteiger partial charge is 0.416 e. The first kappa shape index (κ1) is 20.1. The molecule has 1 fully saturated rings. The van der Waals surface area contributed by atoms with Crippen molar-refractivity contribution in [3.05, 3.63) is 35.6 Å². The molecule has 144 valence electrons. The lowest BCUT2D eigenvalue weighted by atomic mass is 9.95. The lowest BCUT2D eigenvalue weighted by Gasteiger charge is -2.34. The van der Waals surface area contributed by atoms with Crippen LogP contribution in [-0.2, 0) is 15.7 Å². The maximum Gasteiger partial charge on any atom is 0.416 e. The van der Waals surface area contributed by atoms with Crippen molar-refractivity contribution in [2.24, 2.45) is 5.92 Å². The Morgan fingerprint density at radius 2 is 1.85 bits per heavy atom. The van der Waals surface area contributed by atoms with E-state index in [0.29, 0.717) is 37.2 Å². The Bertz CT molecular complexity index is 670. The van der Waals surface area contributed by atoms with Crippen LogP contribution in [0.4, 0.5) is 18.9 Å². The standard InChI is InChI=1S/C19H24F3NO3/c1-18(2,3)26-17(25)14-6-9-23(10-7-14)16-12-15(19(20,21)22)5-4-13(16)8-11-24/h4-5,8,11-12,14,24H,6-7,9-10H2,1-3H3/p+1/b11-8+. The minimum Gasteiger partial charge on any atom is -0.599 e. The van der Waals surface area contributed by atoms with Crippen LogP contribution in [0, 0.1) is 5.92 Å². The normalized spacial score (nSPS) is 16.9. The molecule has 0 bridgehead atoms. The van der Waals surface area contributed by atoms with Gasteiger partial charge in [-0.3, -0.25) is 4.79 Å². The van der Waals surface area contributed by atoms with Crippen LogP contribution in [0.5, 0.6) is 0 Å². The molecule has 1 heterocycles. The van der Waals surface area contributed by atoms with Crippen molar-refractivity contribution in [3.63, 3.8) is 0 Å². The zero-order valence-corrected chi connectivity index (χ0v) is 15.2. The number of anilines is 1. The van der Waals surface area contributed by atoms with Crippen LogP contribution in [0.2, 0.25) is 0 Å². The summed E-state index contributed by atoms with van der Waals surface area (Å²) in [6, 6.07) is 3.51. The van der Waals surface area contributed by atoms with Crippen molar-refractivity contribution < 1.29 is 27.8 Å². The first-order valence-electron chi connectivity index (χ1n) is 8.54. The van der Waals surface area contributed by atoms with Gasteiger partial charge in [-0.15, -0.1) is 0 Å². The summed E-state index contributed by atoms with van der Waals surface area (Å²) >= 11 is 0. The van der Waals surface area contributed by atoms with Gasteiger partial charge in [-0.25, -0.2) is 0 Å². The maximum atomic E-state index is 13.0. The van der Waals surface area contributed by atoms with Gasteiger partial charge in [-0.1, -0.05) is 6.07 Å². The SMILES string of the molecule is CC(C)(C)OC(=O)C1CCN(c2cc(C(F)(F)F)ccc2/C=C/[OH2+])CC1. The van der Waals surface area contributed by atoms with Crippen molar-refractivity contribution in [3.8, 4) is 0 Å². The van der Waals surface area contributed by atoms with Crippen LogP contribution in [0.25, 0.3) is 6.08 Å². The van der Waals surface area contributed by atoms with E-state index in [1.165, 1.54) is 12.1 Å². The highest BCUT2D eigenvalue weighted by Gasteiger charge is 2.33. The van der Waals surface area contributed by atoms with Gasteiger partial charge in [-0.05, 0) is 45.7 Å². The highest BCUT2D eigenvalue weighted by molar-refractivity contribution is 5.74. The van der Waals surface area contributed by atoms with E-state index < -0.39 is 17.3 Å². The highest BCUT2D eigenvalue weighted by atomic mass is 19.4. The second kappa shape index (κ2) is 7.60. The number of carbonyl (C=O) groups excluding carboxylic acids is 1. The van der Waals surface area contributed by atoms with Gasteiger partial charge in [0.15, 0.2) is 0 Å². The molecule has 0 spiro atoms. The number of hydrogen-bond donors (Lipinski definition) is 0. The Morgan fingerprint density at radius 3 is 2.35 bits per heavy atom. The number of esters is 1. The first-order chi connectivity index (χ1) is 12.0. The Balaban J connectivity index is 2.16. The number of benzene rings is 1. The summed E-state index contributed by atoms with van der Waals surface area (Å²) in [5.41, 5.74) is -0.278. The van der Waals surface area contributed by atoms with Gasteiger partial charge in [0.05, 0.1) is 11.5 Å². The number of carbonyl (C=O) groups is 1. The van der Waals surface area contributed by atoms with Crippen molar-refractivity contribution in [2.45, 2.75) is 45.4 Å². The molecule has 1 aliphatic rings. The highest BCUT2D eigenvalue weighted by Crippen LogP contribution is 2.35. The zero-order valence-electron chi connectivity index (χ0n) is 15.2. The number of nitrogens with zero attached hydrogens (tertiary/aromatic N) is 1. The average molecular weight is 372 g/mol. The predicted octanol–water partition coefficient (Wildman–Crippen LogP) is 3.96. The summed E-state index contributed by atoms with van der Waals surface area (Å²) in [6.07, 6.45) is -0.855. The summed E-state index contributed by atoms with van der Waals surface area (Å²) in [4.78, 5) is 14.0. The van der Waals surface area contributed by atoms with E-state index in [9.17, 15) is 18.0 Å². The third-order valence-corrected chi connectivity index (χ3v) is 4.20. The second-order valence-electron chi connectivity index (χ2n) is 7.40. The van der Waals surface area contributed by atoms with Gasteiger partial charge in [0.2, 0.25) is 6.26 Å². The van der Waals surface area contributed by atoms with Crippen LogP contribution in [0.3, 0.4) is 0 Å². The van der Waals surface area contributed by atoms with Crippen molar-refractivity contribution in [2.75, 3.05) is 18.0 Å². The van der Waals surface area contributed by atoms with Gasteiger partial charge >= 0.3 is 12.1 Å². The number of rotatable bonds is 3. The van der Waals surface area contributed by atoms with E-state index in [1.54, 1.807) is 0 Å². The second-order valence-corrected chi connectivity index (χ2v) is 7.40. The molecule has 1 aromatic rings. The molecule has 0 saturated carbocycles. The van der Waals surface area contributed by atoms with Crippen LogP contribution in [0.1, 0.15) is 44.7 Å². The topological polar surface area (TPSA) is 52.4 Å². The molecular weight excluding hydrogens is 347 g/mol. The Kier molecular flexibility index (Phi) is 5.88.